The summed E-state index contributed by atoms with van der Waals surface area (Å²) in [7, 11) is 0. The Morgan fingerprint density at radius 2 is 1.91 bits per heavy atom. The van der Waals surface area contributed by atoms with Crippen LogP contribution in [0.15, 0.2) is 86.0 Å². The van der Waals surface area contributed by atoms with E-state index in [9.17, 15) is 4.79 Å². The number of hydrogen-bond donors (Lipinski definition) is 1. The molecule has 0 bridgehead atoms. The van der Waals surface area contributed by atoms with E-state index in [1.165, 1.54) is 12.8 Å². The van der Waals surface area contributed by atoms with Gasteiger partial charge in [0.25, 0.3) is 5.91 Å². The molecule has 1 aromatic carbocycles. The van der Waals surface area contributed by atoms with Crippen molar-refractivity contribution in [1.82, 2.24) is 34.3 Å². The van der Waals surface area contributed by atoms with E-state index >= 15 is 0 Å². The topological polar surface area (TPSA) is 103 Å². The van der Waals surface area contributed by atoms with E-state index in [1.807, 2.05) is 57.8 Å². The molecule has 0 radical (unpaired) electrons. The average molecular weight is 448 g/mol. The summed E-state index contributed by atoms with van der Waals surface area (Å²) >= 11 is 0. The molecule has 0 unspecified atom stereocenters. The zero-order valence-corrected chi connectivity index (χ0v) is 18.1. The van der Waals surface area contributed by atoms with Crippen molar-refractivity contribution in [2.45, 2.75) is 18.8 Å². The third-order valence-corrected chi connectivity index (χ3v) is 5.72. The van der Waals surface area contributed by atoms with Gasteiger partial charge in [-0.15, -0.1) is 10.2 Å². The van der Waals surface area contributed by atoms with Gasteiger partial charge in [0.05, 0.1) is 29.6 Å². The van der Waals surface area contributed by atoms with E-state index in [1.54, 1.807) is 37.3 Å². The molecule has 1 amide bonds. The number of imidazole rings is 1. The van der Waals surface area contributed by atoms with Crippen LogP contribution in [0.4, 0.5) is 5.69 Å². The summed E-state index contributed by atoms with van der Waals surface area (Å²) in [4.78, 5) is 25.9. The van der Waals surface area contributed by atoms with Crippen molar-refractivity contribution in [2.24, 2.45) is 0 Å². The number of carbonyl (C=O) groups is 1. The summed E-state index contributed by atoms with van der Waals surface area (Å²) in [6, 6.07) is 14.9. The lowest BCUT2D eigenvalue weighted by molar-refractivity contribution is 0.102. The van der Waals surface area contributed by atoms with E-state index in [-0.39, 0.29) is 5.91 Å². The zero-order valence-electron chi connectivity index (χ0n) is 18.1. The van der Waals surface area contributed by atoms with Crippen LogP contribution in [0.3, 0.4) is 0 Å². The second kappa shape index (κ2) is 8.36. The number of aromatic nitrogens is 7. The molecule has 0 spiro atoms. The largest absolute Gasteiger partial charge is 0.321 e. The molecule has 4 heterocycles. The quantitative estimate of drug-likeness (QED) is 0.421. The first-order valence-electron chi connectivity index (χ1n) is 11.0. The lowest BCUT2D eigenvalue weighted by Gasteiger charge is -2.09. The van der Waals surface area contributed by atoms with Crippen molar-refractivity contribution in [3.63, 3.8) is 0 Å². The van der Waals surface area contributed by atoms with E-state index in [4.69, 9.17) is 0 Å². The molecule has 0 atom stereocenters. The van der Waals surface area contributed by atoms with Crippen LogP contribution in [-0.2, 0) is 0 Å². The van der Waals surface area contributed by atoms with Gasteiger partial charge in [0.2, 0.25) is 0 Å². The minimum Gasteiger partial charge on any atom is -0.321 e. The summed E-state index contributed by atoms with van der Waals surface area (Å²) in [6.45, 7) is 0. The molecule has 5 aromatic rings. The van der Waals surface area contributed by atoms with Gasteiger partial charge in [0.15, 0.2) is 5.82 Å². The molecule has 1 aliphatic rings. The minimum atomic E-state index is -0.296. The van der Waals surface area contributed by atoms with Gasteiger partial charge >= 0.3 is 0 Å². The molecular formula is C25H20N8O. The second-order valence-corrected chi connectivity index (χ2v) is 8.15. The van der Waals surface area contributed by atoms with Gasteiger partial charge in [0.1, 0.15) is 12.0 Å². The summed E-state index contributed by atoms with van der Waals surface area (Å²) in [5, 5.41) is 11.2. The Labute approximate surface area is 195 Å². The summed E-state index contributed by atoms with van der Waals surface area (Å²) in [6.07, 6.45) is 12.9. The maximum atomic E-state index is 13.0. The molecule has 1 aliphatic carbocycles. The molecule has 0 saturated heterocycles. The lowest BCUT2D eigenvalue weighted by atomic mass is 10.1. The van der Waals surface area contributed by atoms with Gasteiger partial charge in [-0.1, -0.05) is 12.1 Å². The van der Waals surface area contributed by atoms with Crippen LogP contribution in [0.25, 0.3) is 22.8 Å². The fourth-order valence-corrected chi connectivity index (χ4v) is 3.82. The maximum absolute atomic E-state index is 13.0. The third-order valence-electron chi connectivity index (χ3n) is 5.72. The average Bonchev–Trinajstić information content (AvgIpc) is 3.40. The van der Waals surface area contributed by atoms with Crippen LogP contribution < -0.4 is 5.32 Å². The standard InChI is InChI=1S/C25H20N8O/c34-25(22-12-20(8-10-27-22)32-14-23(28-15-32)17-6-7-17)30-19-4-1-3-18(11-19)24-31-29-16-33(24)21-5-2-9-26-13-21/h1-5,8-17H,6-7H2,(H,30,34). The Morgan fingerprint density at radius 1 is 0.971 bits per heavy atom. The number of nitrogens with zero attached hydrogens (tertiary/aromatic N) is 7. The van der Waals surface area contributed by atoms with Crippen molar-refractivity contribution >= 4 is 11.6 Å². The maximum Gasteiger partial charge on any atom is 0.274 e. The van der Waals surface area contributed by atoms with Crippen LogP contribution in [-0.4, -0.2) is 40.2 Å². The number of rotatable bonds is 6. The van der Waals surface area contributed by atoms with Gasteiger partial charge in [0, 0.05) is 35.8 Å². The van der Waals surface area contributed by atoms with Crippen LogP contribution in [0, 0.1) is 0 Å². The molecule has 34 heavy (non-hydrogen) atoms. The Kier molecular flexibility index (Phi) is 4.91. The van der Waals surface area contributed by atoms with Crippen LogP contribution in [0.5, 0.6) is 0 Å². The fraction of sp³-hybridized carbons (Fsp3) is 0.120. The number of benzene rings is 1. The molecule has 1 N–H and O–H groups in total. The van der Waals surface area contributed by atoms with E-state index in [2.05, 4.69) is 30.5 Å². The second-order valence-electron chi connectivity index (χ2n) is 8.15. The molecule has 9 heteroatoms. The SMILES string of the molecule is O=C(Nc1cccc(-c2nncn2-c2cccnc2)c1)c1cc(-n2cnc(C3CC3)c2)ccn1. The number of hydrogen-bond acceptors (Lipinski definition) is 6. The monoisotopic (exact) mass is 448 g/mol. The molecule has 9 nitrogen and oxygen atoms in total. The normalized spacial score (nSPS) is 13.1. The number of anilines is 1. The van der Waals surface area contributed by atoms with Crippen molar-refractivity contribution in [2.75, 3.05) is 5.32 Å². The Balaban J connectivity index is 1.23. The fourth-order valence-electron chi connectivity index (χ4n) is 3.82. The van der Waals surface area contributed by atoms with Gasteiger partial charge < -0.3 is 9.88 Å². The first kappa shape index (κ1) is 20.0. The molecule has 4 aromatic heterocycles. The predicted molar refractivity (Wildman–Crippen MR) is 126 cm³/mol. The van der Waals surface area contributed by atoms with Gasteiger partial charge in [-0.05, 0) is 49.2 Å². The molecule has 166 valence electrons. The van der Waals surface area contributed by atoms with Gasteiger partial charge in [-0.25, -0.2) is 4.98 Å². The zero-order chi connectivity index (χ0) is 22.9. The molecule has 1 fully saturated rings. The number of pyridine rings is 2. The highest BCUT2D eigenvalue weighted by molar-refractivity contribution is 6.03. The smallest absolute Gasteiger partial charge is 0.274 e. The Morgan fingerprint density at radius 3 is 2.76 bits per heavy atom. The third kappa shape index (κ3) is 3.95. The van der Waals surface area contributed by atoms with Crippen molar-refractivity contribution < 1.29 is 4.79 Å². The summed E-state index contributed by atoms with van der Waals surface area (Å²) < 4.78 is 3.78. The Hall–Kier alpha value is -4.66. The molecular weight excluding hydrogens is 428 g/mol. The minimum absolute atomic E-state index is 0.296. The molecule has 0 aliphatic heterocycles. The summed E-state index contributed by atoms with van der Waals surface area (Å²) in [5.74, 6) is 0.924. The van der Waals surface area contributed by atoms with Crippen LogP contribution >= 0.6 is 0 Å². The predicted octanol–water partition coefficient (Wildman–Crippen LogP) is 4.04. The first-order chi connectivity index (χ1) is 16.7. The number of nitrogens with one attached hydrogen (secondary N) is 1. The van der Waals surface area contributed by atoms with E-state index < -0.39 is 0 Å². The molecule has 1 saturated carbocycles. The van der Waals surface area contributed by atoms with Crippen molar-refractivity contribution in [3.8, 4) is 22.8 Å². The lowest BCUT2D eigenvalue weighted by Crippen LogP contribution is -2.14. The van der Waals surface area contributed by atoms with E-state index in [0.29, 0.717) is 23.1 Å². The first-order valence-corrected chi connectivity index (χ1v) is 11.0. The highest BCUT2D eigenvalue weighted by Crippen LogP contribution is 2.39. The van der Waals surface area contributed by atoms with Crippen LogP contribution in [0.1, 0.15) is 34.9 Å². The van der Waals surface area contributed by atoms with E-state index in [0.717, 1.165) is 22.6 Å². The van der Waals surface area contributed by atoms with Crippen molar-refractivity contribution in [3.05, 3.63) is 97.4 Å². The number of amides is 1. The number of carbonyl (C=O) groups excluding carboxylic acids is 1. The highest BCUT2D eigenvalue weighted by Gasteiger charge is 2.25. The summed E-state index contributed by atoms with van der Waals surface area (Å²) in [5.41, 5.74) is 4.56. The Bertz CT molecular complexity index is 1470. The van der Waals surface area contributed by atoms with Gasteiger partial charge in [-0.2, -0.15) is 0 Å². The van der Waals surface area contributed by atoms with Crippen LogP contribution in [0.2, 0.25) is 0 Å². The molecule has 6 rings (SSSR count). The highest BCUT2D eigenvalue weighted by atomic mass is 16.1. The van der Waals surface area contributed by atoms with Gasteiger partial charge in [-0.3, -0.25) is 19.3 Å². The van der Waals surface area contributed by atoms with Crippen molar-refractivity contribution in [1.29, 1.82) is 0 Å².